The van der Waals surface area contributed by atoms with Gasteiger partial charge in [-0.3, -0.25) is 4.79 Å². The van der Waals surface area contributed by atoms with Crippen molar-refractivity contribution in [2.24, 2.45) is 5.92 Å². The van der Waals surface area contributed by atoms with Gasteiger partial charge in [0.2, 0.25) is 0 Å². The second-order valence-corrected chi connectivity index (χ2v) is 5.98. The highest BCUT2D eigenvalue weighted by Crippen LogP contribution is 2.29. The molecule has 4 heteroatoms. The number of ether oxygens (including phenoxy) is 1. The van der Waals surface area contributed by atoms with E-state index in [1.165, 1.54) is 0 Å². The molecule has 0 saturated carbocycles. The number of nitrogens with zero attached hydrogens (tertiary/aromatic N) is 1. The topological polar surface area (TPSA) is 62.1 Å². The van der Waals surface area contributed by atoms with Crippen molar-refractivity contribution in [1.29, 1.82) is 5.26 Å². The van der Waals surface area contributed by atoms with Crippen LogP contribution < -0.4 is 5.32 Å². The van der Waals surface area contributed by atoms with Gasteiger partial charge >= 0.3 is 5.97 Å². The monoisotopic (exact) mass is 308 g/mol. The Balaban J connectivity index is 1.85. The first-order chi connectivity index (χ1) is 11.2. The SMILES string of the molecule is CC(OC(=O)C1CCCNC1)c1ccc(C#N)c2ccccc12. The third kappa shape index (κ3) is 3.20. The maximum atomic E-state index is 12.3. The van der Waals surface area contributed by atoms with Crippen molar-refractivity contribution >= 4 is 16.7 Å². The minimum atomic E-state index is -0.331. The van der Waals surface area contributed by atoms with E-state index in [9.17, 15) is 10.1 Å². The summed E-state index contributed by atoms with van der Waals surface area (Å²) in [6.07, 6.45) is 1.56. The van der Waals surface area contributed by atoms with Gasteiger partial charge in [0.1, 0.15) is 6.10 Å². The smallest absolute Gasteiger partial charge is 0.310 e. The summed E-state index contributed by atoms with van der Waals surface area (Å²) < 4.78 is 5.70. The number of benzene rings is 2. The molecule has 2 aromatic carbocycles. The standard InChI is InChI=1S/C19H20N2O2/c1-13(23-19(22)15-5-4-10-21-12-15)16-9-8-14(11-20)17-6-2-3-7-18(16)17/h2-3,6-9,13,15,21H,4-5,10,12H2,1H3. The van der Waals surface area contributed by atoms with Gasteiger partial charge in [0, 0.05) is 12.1 Å². The van der Waals surface area contributed by atoms with Gasteiger partial charge in [0.15, 0.2) is 0 Å². The van der Waals surface area contributed by atoms with E-state index in [2.05, 4.69) is 11.4 Å². The number of fused-ring (bicyclic) bond motifs is 1. The summed E-state index contributed by atoms with van der Waals surface area (Å²) >= 11 is 0. The average Bonchev–Trinajstić information content (AvgIpc) is 2.61. The Kier molecular flexibility index (Phi) is 4.59. The fourth-order valence-corrected chi connectivity index (χ4v) is 3.16. The molecular formula is C19H20N2O2. The zero-order chi connectivity index (χ0) is 16.2. The van der Waals surface area contributed by atoms with Crippen LogP contribution in [0.5, 0.6) is 0 Å². The first-order valence-electron chi connectivity index (χ1n) is 8.03. The lowest BCUT2D eigenvalue weighted by Gasteiger charge is -2.24. The number of nitrogens with one attached hydrogen (secondary N) is 1. The molecular weight excluding hydrogens is 288 g/mol. The normalized spacial score (nSPS) is 19.0. The summed E-state index contributed by atoms with van der Waals surface area (Å²) in [7, 11) is 0. The van der Waals surface area contributed by atoms with Crippen LogP contribution in [0.2, 0.25) is 0 Å². The number of hydrogen-bond donors (Lipinski definition) is 1. The van der Waals surface area contributed by atoms with E-state index in [0.29, 0.717) is 12.1 Å². The summed E-state index contributed by atoms with van der Waals surface area (Å²) in [6, 6.07) is 13.6. The summed E-state index contributed by atoms with van der Waals surface area (Å²) in [4.78, 5) is 12.3. The number of piperidine rings is 1. The number of rotatable bonds is 3. The van der Waals surface area contributed by atoms with Crippen molar-refractivity contribution in [3.63, 3.8) is 0 Å². The predicted octanol–water partition coefficient (Wildman–Crippen LogP) is 3.32. The maximum Gasteiger partial charge on any atom is 0.310 e. The Morgan fingerprint density at radius 2 is 2.09 bits per heavy atom. The highest BCUT2D eigenvalue weighted by atomic mass is 16.5. The number of nitriles is 1. The van der Waals surface area contributed by atoms with Crippen molar-refractivity contribution in [2.45, 2.75) is 25.9 Å². The molecule has 1 saturated heterocycles. The molecule has 0 spiro atoms. The van der Waals surface area contributed by atoms with E-state index in [0.717, 1.165) is 35.7 Å². The minimum Gasteiger partial charge on any atom is -0.458 e. The van der Waals surface area contributed by atoms with Crippen molar-refractivity contribution < 1.29 is 9.53 Å². The van der Waals surface area contributed by atoms with Gasteiger partial charge in [0.25, 0.3) is 0 Å². The van der Waals surface area contributed by atoms with E-state index in [1.807, 2.05) is 37.3 Å². The Morgan fingerprint density at radius 1 is 1.30 bits per heavy atom. The third-order valence-electron chi connectivity index (χ3n) is 4.44. The first-order valence-corrected chi connectivity index (χ1v) is 8.03. The van der Waals surface area contributed by atoms with Crippen LogP contribution in [-0.2, 0) is 9.53 Å². The molecule has 1 aliphatic heterocycles. The largest absolute Gasteiger partial charge is 0.458 e. The molecule has 1 heterocycles. The second-order valence-electron chi connectivity index (χ2n) is 5.98. The Hall–Kier alpha value is -2.38. The van der Waals surface area contributed by atoms with E-state index in [-0.39, 0.29) is 18.0 Å². The quantitative estimate of drug-likeness (QED) is 0.884. The highest BCUT2D eigenvalue weighted by molar-refractivity contribution is 5.91. The first kappa shape index (κ1) is 15.5. The lowest BCUT2D eigenvalue weighted by Crippen LogP contribution is -2.35. The van der Waals surface area contributed by atoms with Crippen molar-refractivity contribution in [3.05, 3.63) is 47.5 Å². The molecule has 118 valence electrons. The molecule has 2 aromatic rings. The molecule has 4 nitrogen and oxygen atoms in total. The van der Waals surface area contributed by atoms with Gasteiger partial charge in [-0.05, 0) is 43.1 Å². The minimum absolute atomic E-state index is 0.0594. The van der Waals surface area contributed by atoms with Crippen LogP contribution >= 0.6 is 0 Å². The number of carbonyl (C=O) groups excluding carboxylic acids is 1. The fraction of sp³-hybridized carbons (Fsp3) is 0.368. The molecule has 1 N–H and O–H groups in total. The third-order valence-corrected chi connectivity index (χ3v) is 4.44. The molecule has 3 rings (SSSR count). The number of carbonyl (C=O) groups is 1. The van der Waals surface area contributed by atoms with Gasteiger partial charge in [-0.25, -0.2) is 0 Å². The van der Waals surface area contributed by atoms with E-state index >= 15 is 0 Å². The van der Waals surface area contributed by atoms with Crippen LogP contribution in [0.1, 0.15) is 37.0 Å². The molecule has 0 aliphatic carbocycles. The molecule has 1 fully saturated rings. The van der Waals surface area contributed by atoms with Gasteiger partial charge in [-0.15, -0.1) is 0 Å². The van der Waals surface area contributed by atoms with E-state index in [1.54, 1.807) is 6.07 Å². The van der Waals surface area contributed by atoms with Gasteiger partial charge in [-0.1, -0.05) is 30.3 Å². The molecule has 1 aliphatic rings. The van der Waals surface area contributed by atoms with Crippen LogP contribution in [0.4, 0.5) is 0 Å². The summed E-state index contributed by atoms with van der Waals surface area (Å²) in [5.41, 5.74) is 1.58. The van der Waals surface area contributed by atoms with Crippen LogP contribution in [-0.4, -0.2) is 19.1 Å². The molecule has 0 aromatic heterocycles. The number of hydrogen-bond acceptors (Lipinski definition) is 4. The van der Waals surface area contributed by atoms with Crippen molar-refractivity contribution in [3.8, 4) is 6.07 Å². The summed E-state index contributed by atoms with van der Waals surface area (Å²) in [5.74, 6) is -0.200. The van der Waals surface area contributed by atoms with Crippen LogP contribution in [0, 0.1) is 17.2 Å². The fourth-order valence-electron chi connectivity index (χ4n) is 3.16. The Bertz CT molecular complexity index is 758. The van der Waals surface area contributed by atoms with Crippen LogP contribution in [0.25, 0.3) is 10.8 Å². The Labute approximate surface area is 136 Å². The van der Waals surface area contributed by atoms with Gasteiger partial charge in [-0.2, -0.15) is 5.26 Å². The molecule has 2 unspecified atom stereocenters. The second kappa shape index (κ2) is 6.80. The summed E-state index contributed by atoms with van der Waals surface area (Å²) in [5, 5.41) is 14.3. The maximum absolute atomic E-state index is 12.3. The Morgan fingerprint density at radius 3 is 2.78 bits per heavy atom. The van der Waals surface area contributed by atoms with E-state index < -0.39 is 0 Å². The van der Waals surface area contributed by atoms with Crippen molar-refractivity contribution in [2.75, 3.05) is 13.1 Å². The highest BCUT2D eigenvalue weighted by Gasteiger charge is 2.25. The molecule has 0 radical (unpaired) electrons. The molecule has 0 amide bonds. The number of esters is 1. The average molecular weight is 308 g/mol. The summed E-state index contributed by atoms with van der Waals surface area (Å²) in [6.45, 7) is 3.56. The molecule has 0 bridgehead atoms. The zero-order valence-corrected chi connectivity index (χ0v) is 13.2. The van der Waals surface area contributed by atoms with Crippen LogP contribution in [0.15, 0.2) is 36.4 Å². The molecule has 2 atom stereocenters. The van der Waals surface area contributed by atoms with Gasteiger partial charge in [0.05, 0.1) is 17.6 Å². The van der Waals surface area contributed by atoms with Gasteiger partial charge < -0.3 is 10.1 Å². The van der Waals surface area contributed by atoms with Crippen molar-refractivity contribution in [1.82, 2.24) is 5.32 Å². The van der Waals surface area contributed by atoms with E-state index in [4.69, 9.17) is 4.74 Å². The van der Waals surface area contributed by atoms with Crippen LogP contribution in [0.3, 0.4) is 0 Å². The molecule has 23 heavy (non-hydrogen) atoms. The lowest BCUT2D eigenvalue weighted by molar-refractivity contribution is -0.154. The zero-order valence-electron chi connectivity index (χ0n) is 13.2. The lowest BCUT2D eigenvalue weighted by atomic mass is 9.97. The predicted molar refractivity (Wildman–Crippen MR) is 88.8 cm³/mol.